The number of aliphatic hydroxyl groups is 2. The molecule has 1 amide bonds. The highest BCUT2D eigenvalue weighted by molar-refractivity contribution is 5.68. The molecule has 1 aliphatic carbocycles. The van der Waals surface area contributed by atoms with E-state index in [9.17, 15) is 9.90 Å². The molecule has 3 N–H and O–H groups in total. The van der Waals surface area contributed by atoms with Gasteiger partial charge in [0.05, 0.1) is 12.1 Å². The summed E-state index contributed by atoms with van der Waals surface area (Å²) >= 11 is 0. The molecule has 0 radical (unpaired) electrons. The van der Waals surface area contributed by atoms with Gasteiger partial charge in [0.2, 0.25) is 0 Å². The van der Waals surface area contributed by atoms with E-state index in [0.717, 1.165) is 0 Å². The summed E-state index contributed by atoms with van der Waals surface area (Å²) in [5.41, 5.74) is -0.533. The quantitative estimate of drug-likeness (QED) is 0.619. The Labute approximate surface area is 89.4 Å². The predicted molar refractivity (Wildman–Crippen MR) is 54.4 cm³/mol. The Balaban J connectivity index is 2.29. The summed E-state index contributed by atoms with van der Waals surface area (Å²) in [6, 6.07) is -0.294. The largest absolute Gasteiger partial charge is 0.444 e. The predicted octanol–water partition coefficient (Wildman–Crippen LogP) is 0.253. The second kappa shape index (κ2) is 4.37. The molecule has 0 heterocycles. The van der Waals surface area contributed by atoms with Crippen LogP contribution >= 0.6 is 0 Å². The number of carbonyl (C=O) groups is 1. The fourth-order valence-corrected chi connectivity index (χ4v) is 1.52. The van der Waals surface area contributed by atoms with Crippen LogP contribution in [0.2, 0.25) is 0 Å². The Morgan fingerprint density at radius 3 is 2.53 bits per heavy atom. The lowest BCUT2D eigenvalue weighted by molar-refractivity contribution is -0.0438. The first-order chi connectivity index (χ1) is 6.83. The van der Waals surface area contributed by atoms with Gasteiger partial charge in [-0.05, 0) is 27.2 Å². The van der Waals surface area contributed by atoms with Gasteiger partial charge in [0.25, 0.3) is 0 Å². The van der Waals surface area contributed by atoms with Crippen LogP contribution in [0.1, 0.15) is 27.2 Å². The maximum atomic E-state index is 11.3. The highest BCUT2D eigenvalue weighted by atomic mass is 16.6. The van der Waals surface area contributed by atoms with Gasteiger partial charge in [-0.25, -0.2) is 4.79 Å². The van der Waals surface area contributed by atoms with Crippen molar-refractivity contribution in [3.63, 3.8) is 0 Å². The molecule has 0 saturated heterocycles. The summed E-state index contributed by atoms with van der Waals surface area (Å²) in [6.45, 7) is 5.29. The monoisotopic (exact) mass is 217 g/mol. The van der Waals surface area contributed by atoms with Gasteiger partial charge in [0.1, 0.15) is 5.60 Å². The second-order valence-corrected chi connectivity index (χ2v) is 4.92. The molecule has 1 rings (SSSR count). The molecule has 3 unspecified atom stereocenters. The van der Waals surface area contributed by atoms with Crippen molar-refractivity contribution < 1.29 is 19.7 Å². The molecule has 1 fully saturated rings. The molecule has 0 aliphatic heterocycles. The van der Waals surface area contributed by atoms with Gasteiger partial charge in [-0.1, -0.05) is 0 Å². The second-order valence-electron chi connectivity index (χ2n) is 4.92. The van der Waals surface area contributed by atoms with E-state index in [1.165, 1.54) is 0 Å². The molecule has 0 aromatic carbocycles. The minimum Gasteiger partial charge on any atom is -0.444 e. The van der Waals surface area contributed by atoms with Gasteiger partial charge in [-0.2, -0.15) is 0 Å². The molecule has 1 saturated carbocycles. The standard InChI is InChI=1S/C10H19NO4/c1-10(2,3)15-9(14)11-7-4-6(5-12)8(7)13/h6-8,12-13H,4-5H2,1-3H3,(H,11,14). The topological polar surface area (TPSA) is 78.8 Å². The lowest BCUT2D eigenvalue weighted by atomic mass is 9.77. The smallest absolute Gasteiger partial charge is 0.407 e. The first-order valence-corrected chi connectivity index (χ1v) is 5.12. The van der Waals surface area contributed by atoms with Crippen LogP contribution in [0.3, 0.4) is 0 Å². The Morgan fingerprint density at radius 1 is 1.53 bits per heavy atom. The normalized spacial score (nSPS) is 30.6. The Morgan fingerprint density at radius 2 is 2.13 bits per heavy atom. The van der Waals surface area contributed by atoms with Crippen molar-refractivity contribution in [3.05, 3.63) is 0 Å². The summed E-state index contributed by atoms with van der Waals surface area (Å²) in [4.78, 5) is 11.3. The number of alkyl carbamates (subject to hydrolysis) is 1. The zero-order valence-electron chi connectivity index (χ0n) is 9.36. The van der Waals surface area contributed by atoms with Crippen LogP contribution < -0.4 is 5.32 Å². The van der Waals surface area contributed by atoms with Crippen molar-refractivity contribution in [3.8, 4) is 0 Å². The number of amides is 1. The van der Waals surface area contributed by atoms with E-state index < -0.39 is 17.8 Å². The first kappa shape index (κ1) is 12.3. The average Bonchev–Trinajstić information content (AvgIpc) is 2.08. The van der Waals surface area contributed by atoms with Crippen LogP contribution in [0.5, 0.6) is 0 Å². The molecule has 3 atom stereocenters. The van der Waals surface area contributed by atoms with Crippen molar-refractivity contribution in [2.24, 2.45) is 5.92 Å². The van der Waals surface area contributed by atoms with Gasteiger partial charge in [0, 0.05) is 12.5 Å². The SMILES string of the molecule is CC(C)(C)OC(=O)NC1CC(CO)C1O. The number of carbonyl (C=O) groups excluding carboxylic acids is 1. The summed E-state index contributed by atoms with van der Waals surface area (Å²) in [5, 5.41) is 20.8. The third-order valence-corrected chi connectivity index (χ3v) is 2.39. The van der Waals surface area contributed by atoms with Crippen molar-refractivity contribution in [1.82, 2.24) is 5.32 Å². The molecule has 5 heteroatoms. The Hall–Kier alpha value is -0.810. The van der Waals surface area contributed by atoms with E-state index in [-0.39, 0.29) is 18.6 Å². The van der Waals surface area contributed by atoms with Crippen molar-refractivity contribution in [1.29, 1.82) is 0 Å². The number of ether oxygens (including phenoxy) is 1. The Kier molecular flexibility index (Phi) is 3.57. The first-order valence-electron chi connectivity index (χ1n) is 5.12. The van der Waals surface area contributed by atoms with Gasteiger partial charge in [0.15, 0.2) is 0 Å². The molecular weight excluding hydrogens is 198 g/mol. The Bertz CT molecular complexity index is 236. The van der Waals surface area contributed by atoms with Gasteiger partial charge in [-0.15, -0.1) is 0 Å². The molecule has 1 aliphatic rings. The molecular formula is C10H19NO4. The molecule has 0 spiro atoms. The third-order valence-electron chi connectivity index (χ3n) is 2.39. The van der Waals surface area contributed by atoms with Crippen LogP contribution in [0.25, 0.3) is 0 Å². The molecule has 0 aromatic heterocycles. The average molecular weight is 217 g/mol. The van der Waals surface area contributed by atoms with Crippen LogP contribution in [-0.2, 0) is 4.74 Å². The zero-order valence-corrected chi connectivity index (χ0v) is 9.36. The minimum atomic E-state index is -0.664. The number of rotatable bonds is 2. The number of nitrogens with one attached hydrogen (secondary N) is 1. The summed E-state index contributed by atoms with van der Waals surface area (Å²) in [6.07, 6.45) is -0.595. The van der Waals surface area contributed by atoms with E-state index in [1.54, 1.807) is 20.8 Å². The number of hydrogen-bond donors (Lipinski definition) is 3. The van der Waals surface area contributed by atoms with Crippen molar-refractivity contribution in [2.75, 3.05) is 6.61 Å². The maximum absolute atomic E-state index is 11.3. The molecule has 88 valence electrons. The lowest BCUT2D eigenvalue weighted by Crippen LogP contribution is -2.57. The lowest BCUT2D eigenvalue weighted by Gasteiger charge is -2.40. The third kappa shape index (κ3) is 3.35. The highest BCUT2D eigenvalue weighted by Crippen LogP contribution is 2.27. The van der Waals surface area contributed by atoms with Crippen molar-refractivity contribution in [2.45, 2.75) is 44.9 Å². The van der Waals surface area contributed by atoms with Gasteiger partial charge >= 0.3 is 6.09 Å². The van der Waals surface area contributed by atoms with Crippen LogP contribution in [0, 0.1) is 5.92 Å². The fourth-order valence-electron chi connectivity index (χ4n) is 1.52. The zero-order chi connectivity index (χ0) is 11.6. The highest BCUT2D eigenvalue weighted by Gasteiger charge is 2.40. The van der Waals surface area contributed by atoms with E-state index >= 15 is 0 Å². The van der Waals surface area contributed by atoms with Crippen molar-refractivity contribution >= 4 is 6.09 Å². The number of hydrogen-bond acceptors (Lipinski definition) is 4. The van der Waals surface area contributed by atoms with Crippen LogP contribution in [-0.4, -0.2) is 40.7 Å². The van der Waals surface area contributed by atoms with E-state index in [0.29, 0.717) is 6.42 Å². The van der Waals surface area contributed by atoms with Crippen LogP contribution in [0.4, 0.5) is 4.79 Å². The van der Waals surface area contributed by atoms with E-state index in [2.05, 4.69) is 5.32 Å². The molecule has 0 aromatic rings. The van der Waals surface area contributed by atoms with E-state index in [1.807, 2.05) is 0 Å². The summed E-state index contributed by atoms with van der Waals surface area (Å²) < 4.78 is 5.04. The van der Waals surface area contributed by atoms with Gasteiger partial charge in [-0.3, -0.25) is 0 Å². The minimum absolute atomic E-state index is 0.0480. The number of aliphatic hydroxyl groups excluding tert-OH is 2. The maximum Gasteiger partial charge on any atom is 0.407 e. The molecule has 15 heavy (non-hydrogen) atoms. The van der Waals surface area contributed by atoms with Crippen LogP contribution in [0.15, 0.2) is 0 Å². The van der Waals surface area contributed by atoms with Gasteiger partial charge < -0.3 is 20.3 Å². The summed E-state index contributed by atoms with van der Waals surface area (Å²) in [5.74, 6) is -0.120. The molecule has 0 bridgehead atoms. The van der Waals surface area contributed by atoms with E-state index in [4.69, 9.17) is 9.84 Å². The fraction of sp³-hybridized carbons (Fsp3) is 0.900. The molecule has 5 nitrogen and oxygen atoms in total. The summed E-state index contributed by atoms with van der Waals surface area (Å²) in [7, 11) is 0.